The van der Waals surface area contributed by atoms with E-state index < -0.39 is 0 Å². The van der Waals surface area contributed by atoms with Crippen molar-refractivity contribution in [1.29, 1.82) is 0 Å². The third-order valence-electron chi connectivity index (χ3n) is 5.44. The monoisotopic (exact) mass is 331 g/mol. The maximum Gasteiger partial charge on any atom is 0.132 e. The molecule has 0 aromatic carbocycles. The molecule has 0 N–H and O–H groups in total. The SMILES string of the molecule is CCCc1cc(N2CCC(N3CCCN(C)CC3)CC2)nc(C)n1. The molecule has 0 bridgehead atoms. The van der Waals surface area contributed by atoms with Gasteiger partial charge in [-0.15, -0.1) is 0 Å². The smallest absolute Gasteiger partial charge is 0.132 e. The standard InChI is InChI=1S/C19H33N5/c1-4-6-17-15-19(21-16(2)20-17)24-11-7-18(8-12-24)23-10-5-9-22(3)13-14-23/h15,18H,4-14H2,1-3H3. The van der Waals surface area contributed by atoms with Gasteiger partial charge in [-0.1, -0.05) is 13.3 Å². The highest BCUT2D eigenvalue weighted by Gasteiger charge is 2.26. The molecule has 1 aromatic heterocycles. The van der Waals surface area contributed by atoms with Gasteiger partial charge < -0.3 is 9.80 Å². The van der Waals surface area contributed by atoms with Crippen LogP contribution in [0.3, 0.4) is 0 Å². The van der Waals surface area contributed by atoms with Crippen LogP contribution in [-0.4, -0.2) is 72.1 Å². The maximum absolute atomic E-state index is 4.70. The second kappa shape index (κ2) is 8.26. The van der Waals surface area contributed by atoms with E-state index >= 15 is 0 Å². The van der Waals surface area contributed by atoms with Gasteiger partial charge in [0.05, 0.1) is 0 Å². The van der Waals surface area contributed by atoms with Crippen LogP contribution in [0.2, 0.25) is 0 Å². The second-order valence-electron chi connectivity index (χ2n) is 7.43. The van der Waals surface area contributed by atoms with Gasteiger partial charge in [-0.3, -0.25) is 4.90 Å². The van der Waals surface area contributed by atoms with Gasteiger partial charge in [0.2, 0.25) is 0 Å². The van der Waals surface area contributed by atoms with Crippen LogP contribution in [0.1, 0.15) is 44.1 Å². The van der Waals surface area contributed by atoms with E-state index in [0.717, 1.165) is 43.6 Å². The van der Waals surface area contributed by atoms with Gasteiger partial charge in [0.25, 0.3) is 0 Å². The predicted molar refractivity (Wildman–Crippen MR) is 99.7 cm³/mol. The largest absolute Gasteiger partial charge is 0.356 e. The van der Waals surface area contributed by atoms with Gasteiger partial charge in [-0.05, 0) is 52.7 Å². The molecule has 0 amide bonds. The third-order valence-corrected chi connectivity index (χ3v) is 5.44. The Labute approximate surface area is 147 Å². The number of aryl methyl sites for hydroxylation is 2. The van der Waals surface area contributed by atoms with Crippen molar-refractivity contribution in [2.75, 3.05) is 51.2 Å². The fourth-order valence-corrected chi connectivity index (χ4v) is 4.05. The van der Waals surface area contributed by atoms with E-state index in [2.05, 4.69) is 39.7 Å². The first kappa shape index (κ1) is 17.6. The van der Waals surface area contributed by atoms with Gasteiger partial charge in [-0.2, -0.15) is 0 Å². The zero-order chi connectivity index (χ0) is 16.9. The molecule has 5 nitrogen and oxygen atoms in total. The van der Waals surface area contributed by atoms with Gasteiger partial charge in [-0.25, -0.2) is 9.97 Å². The van der Waals surface area contributed by atoms with Crippen molar-refractivity contribution in [3.05, 3.63) is 17.6 Å². The Bertz CT molecular complexity index is 524. The number of anilines is 1. The van der Waals surface area contributed by atoms with Crippen molar-refractivity contribution in [3.8, 4) is 0 Å². The molecule has 0 radical (unpaired) electrons. The van der Waals surface area contributed by atoms with Crippen molar-refractivity contribution in [1.82, 2.24) is 19.8 Å². The van der Waals surface area contributed by atoms with Crippen LogP contribution in [-0.2, 0) is 6.42 Å². The summed E-state index contributed by atoms with van der Waals surface area (Å²) < 4.78 is 0. The van der Waals surface area contributed by atoms with Gasteiger partial charge >= 0.3 is 0 Å². The molecule has 0 aliphatic carbocycles. The minimum Gasteiger partial charge on any atom is -0.356 e. The summed E-state index contributed by atoms with van der Waals surface area (Å²) in [5, 5.41) is 0. The van der Waals surface area contributed by atoms with Crippen molar-refractivity contribution >= 4 is 5.82 Å². The van der Waals surface area contributed by atoms with Crippen LogP contribution >= 0.6 is 0 Å². The summed E-state index contributed by atoms with van der Waals surface area (Å²) in [5.41, 5.74) is 1.19. The zero-order valence-corrected chi connectivity index (χ0v) is 15.7. The summed E-state index contributed by atoms with van der Waals surface area (Å²) >= 11 is 0. The molecule has 2 aliphatic rings. The second-order valence-corrected chi connectivity index (χ2v) is 7.43. The number of aromatic nitrogens is 2. The average Bonchev–Trinajstić information content (AvgIpc) is 2.79. The Morgan fingerprint density at radius 1 is 1.04 bits per heavy atom. The molecule has 2 aliphatic heterocycles. The van der Waals surface area contributed by atoms with Crippen LogP contribution in [0.15, 0.2) is 6.07 Å². The molecule has 3 heterocycles. The molecule has 1 aromatic rings. The lowest BCUT2D eigenvalue weighted by Gasteiger charge is -2.38. The summed E-state index contributed by atoms with van der Waals surface area (Å²) in [4.78, 5) is 16.9. The first-order chi connectivity index (χ1) is 11.7. The Morgan fingerprint density at radius 3 is 2.58 bits per heavy atom. The number of hydrogen-bond acceptors (Lipinski definition) is 5. The lowest BCUT2D eigenvalue weighted by molar-refractivity contribution is 0.174. The lowest BCUT2D eigenvalue weighted by atomic mass is 10.0. The Hall–Kier alpha value is -1.20. The molecule has 0 saturated carbocycles. The van der Waals surface area contributed by atoms with Gasteiger partial charge in [0, 0.05) is 44.0 Å². The highest BCUT2D eigenvalue weighted by Crippen LogP contribution is 2.23. The van der Waals surface area contributed by atoms with Crippen LogP contribution in [0.4, 0.5) is 5.82 Å². The van der Waals surface area contributed by atoms with Crippen LogP contribution in [0.5, 0.6) is 0 Å². The topological polar surface area (TPSA) is 35.5 Å². The molecule has 3 rings (SSSR count). The summed E-state index contributed by atoms with van der Waals surface area (Å²) in [7, 11) is 2.25. The van der Waals surface area contributed by atoms with Crippen molar-refractivity contribution in [2.24, 2.45) is 0 Å². The van der Waals surface area contributed by atoms with Crippen LogP contribution in [0, 0.1) is 6.92 Å². The summed E-state index contributed by atoms with van der Waals surface area (Å²) in [6, 6.07) is 2.96. The Balaban J connectivity index is 1.58. The van der Waals surface area contributed by atoms with Crippen LogP contribution < -0.4 is 4.90 Å². The molecule has 134 valence electrons. The van der Waals surface area contributed by atoms with E-state index in [-0.39, 0.29) is 0 Å². The molecule has 2 fully saturated rings. The maximum atomic E-state index is 4.70. The molecular formula is C19H33N5. The average molecular weight is 332 g/mol. The molecule has 0 spiro atoms. The van der Waals surface area contributed by atoms with Gasteiger partial charge in [0.15, 0.2) is 0 Å². The zero-order valence-electron chi connectivity index (χ0n) is 15.7. The minimum atomic E-state index is 0.755. The fourth-order valence-electron chi connectivity index (χ4n) is 4.05. The van der Waals surface area contributed by atoms with E-state index in [1.165, 1.54) is 51.1 Å². The summed E-state index contributed by atoms with van der Waals surface area (Å²) in [6.45, 7) is 11.4. The van der Waals surface area contributed by atoms with E-state index in [1.807, 2.05) is 6.92 Å². The highest BCUT2D eigenvalue weighted by molar-refractivity contribution is 5.40. The fraction of sp³-hybridized carbons (Fsp3) is 0.789. The summed E-state index contributed by atoms with van der Waals surface area (Å²) in [5.74, 6) is 2.05. The van der Waals surface area contributed by atoms with Crippen LogP contribution in [0.25, 0.3) is 0 Å². The normalized spacial score (nSPS) is 21.9. The lowest BCUT2D eigenvalue weighted by Crippen LogP contribution is -2.46. The van der Waals surface area contributed by atoms with Crippen molar-refractivity contribution in [3.63, 3.8) is 0 Å². The number of hydrogen-bond donors (Lipinski definition) is 0. The first-order valence-corrected chi connectivity index (χ1v) is 9.68. The Morgan fingerprint density at radius 2 is 1.83 bits per heavy atom. The first-order valence-electron chi connectivity index (χ1n) is 9.68. The molecule has 5 heteroatoms. The number of nitrogens with zero attached hydrogens (tertiary/aromatic N) is 5. The molecule has 0 atom stereocenters. The minimum absolute atomic E-state index is 0.755. The third kappa shape index (κ3) is 4.45. The number of rotatable bonds is 4. The van der Waals surface area contributed by atoms with Gasteiger partial charge in [0.1, 0.15) is 11.6 Å². The number of piperidine rings is 1. The number of likely N-dealkylation sites (N-methyl/N-ethyl adjacent to an activating group) is 1. The quantitative estimate of drug-likeness (QED) is 0.846. The summed E-state index contributed by atoms with van der Waals surface area (Å²) in [6.07, 6.45) is 6.02. The molecular weight excluding hydrogens is 298 g/mol. The molecule has 2 saturated heterocycles. The van der Waals surface area contributed by atoms with E-state index in [0.29, 0.717) is 0 Å². The molecule has 24 heavy (non-hydrogen) atoms. The van der Waals surface area contributed by atoms with Crippen molar-refractivity contribution in [2.45, 2.75) is 52.0 Å². The Kier molecular flexibility index (Phi) is 6.06. The van der Waals surface area contributed by atoms with E-state index in [9.17, 15) is 0 Å². The van der Waals surface area contributed by atoms with E-state index in [1.54, 1.807) is 0 Å². The highest BCUT2D eigenvalue weighted by atomic mass is 15.3. The van der Waals surface area contributed by atoms with Crippen molar-refractivity contribution < 1.29 is 0 Å². The predicted octanol–water partition coefficient (Wildman–Crippen LogP) is 2.34. The molecule has 0 unspecified atom stereocenters. The van der Waals surface area contributed by atoms with E-state index in [4.69, 9.17) is 4.98 Å².